The number of amides is 1. The van der Waals surface area contributed by atoms with Crippen LogP contribution in [0.5, 0.6) is 0 Å². The van der Waals surface area contributed by atoms with E-state index in [0.29, 0.717) is 6.54 Å². The van der Waals surface area contributed by atoms with Crippen LogP contribution in [0.25, 0.3) is 0 Å². The molecule has 1 N–H and O–H groups in total. The van der Waals surface area contributed by atoms with E-state index in [9.17, 15) is 9.59 Å². The number of hydrogen-bond donors (Lipinski definition) is 1. The van der Waals surface area contributed by atoms with Crippen LogP contribution in [0, 0.1) is 0 Å². The molecular weight excluding hydrogens is 230 g/mol. The van der Waals surface area contributed by atoms with E-state index in [1.54, 1.807) is 4.90 Å². The summed E-state index contributed by atoms with van der Waals surface area (Å²) in [7, 11) is 0. The molecule has 0 saturated heterocycles. The summed E-state index contributed by atoms with van der Waals surface area (Å²) < 4.78 is 0. The second kappa shape index (κ2) is 5.67. The number of anilines is 1. The van der Waals surface area contributed by atoms with Gasteiger partial charge in [-0.2, -0.15) is 0 Å². The largest absolute Gasteiger partial charge is 0.481 e. The predicted octanol–water partition coefficient (Wildman–Crippen LogP) is 2.22. The Labute approximate surface area is 106 Å². The van der Waals surface area contributed by atoms with Crippen molar-refractivity contribution in [2.45, 2.75) is 32.1 Å². The van der Waals surface area contributed by atoms with E-state index < -0.39 is 5.97 Å². The van der Waals surface area contributed by atoms with E-state index in [1.807, 2.05) is 24.3 Å². The molecule has 18 heavy (non-hydrogen) atoms. The minimum atomic E-state index is -0.925. The molecule has 1 aromatic rings. The molecule has 1 heterocycles. The maximum absolute atomic E-state index is 12.1. The van der Waals surface area contributed by atoms with Gasteiger partial charge >= 0.3 is 5.97 Å². The molecule has 0 unspecified atom stereocenters. The van der Waals surface area contributed by atoms with Crippen LogP contribution in [0.2, 0.25) is 0 Å². The Hall–Kier alpha value is -1.84. The van der Waals surface area contributed by atoms with Gasteiger partial charge in [0.15, 0.2) is 0 Å². The van der Waals surface area contributed by atoms with Gasteiger partial charge in [0.05, 0.1) is 6.42 Å². The Morgan fingerprint density at radius 2 is 1.94 bits per heavy atom. The Balaban J connectivity index is 2.17. The highest BCUT2D eigenvalue weighted by molar-refractivity contribution is 5.95. The molecule has 1 aliphatic rings. The van der Waals surface area contributed by atoms with Crippen LogP contribution < -0.4 is 4.90 Å². The number of carboxylic acids is 1. The van der Waals surface area contributed by atoms with Gasteiger partial charge in [-0.1, -0.05) is 18.2 Å². The van der Waals surface area contributed by atoms with Crippen molar-refractivity contribution in [3.63, 3.8) is 0 Å². The zero-order valence-corrected chi connectivity index (χ0v) is 10.3. The summed E-state index contributed by atoms with van der Waals surface area (Å²) in [4.78, 5) is 24.4. The van der Waals surface area contributed by atoms with Gasteiger partial charge in [-0.15, -0.1) is 0 Å². The molecule has 0 bridgehead atoms. The summed E-state index contributed by atoms with van der Waals surface area (Å²) in [5.41, 5.74) is 2.13. The molecule has 1 aliphatic heterocycles. The van der Waals surface area contributed by atoms with Crippen LogP contribution in [0.15, 0.2) is 24.3 Å². The summed E-state index contributed by atoms with van der Waals surface area (Å²) in [5.74, 6) is -1.02. The lowest BCUT2D eigenvalue weighted by molar-refractivity contribution is -0.138. The Bertz CT molecular complexity index is 456. The zero-order chi connectivity index (χ0) is 13.0. The number of carbonyl (C=O) groups excluding carboxylic acids is 1. The number of rotatable bonds is 3. The first kappa shape index (κ1) is 12.6. The van der Waals surface area contributed by atoms with Crippen molar-refractivity contribution in [1.82, 2.24) is 0 Å². The molecule has 0 aromatic heterocycles. The maximum Gasteiger partial charge on any atom is 0.303 e. The van der Waals surface area contributed by atoms with Gasteiger partial charge in [-0.25, -0.2) is 0 Å². The van der Waals surface area contributed by atoms with E-state index in [0.717, 1.165) is 24.9 Å². The lowest BCUT2D eigenvalue weighted by Crippen LogP contribution is -2.31. The number of hydrogen-bond acceptors (Lipinski definition) is 2. The van der Waals surface area contributed by atoms with Gasteiger partial charge in [-0.05, 0) is 30.9 Å². The molecule has 4 heteroatoms. The van der Waals surface area contributed by atoms with Gasteiger partial charge in [0.2, 0.25) is 5.91 Å². The monoisotopic (exact) mass is 247 g/mol. The smallest absolute Gasteiger partial charge is 0.303 e. The molecule has 1 aromatic carbocycles. The first-order chi connectivity index (χ1) is 8.68. The van der Waals surface area contributed by atoms with Crippen molar-refractivity contribution in [2.75, 3.05) is 11.4 Å². The molecule has 0 spiro atoms. The fraction of sp³-hybridized carbons (Fsp3) is 0.429. The van der Waals surface area contributed by atoms with Gasteiger partial charge in [-0.3, -0.25) is 9.59 Å². The number of benzene rings is 1. The normalized spacial score (nSPS) is 14.8. The highest BCUT2D eigenvalue weighted by Gasteiger charge is 2.20. The summed E-state index contributed by atoms with van der Waals surface area (Å²) >= 11 is 0. The van der Waals surface area contributed by atoms with Gasteiger partial charge in [0, 0.05) is 18.7 Å². The van der Waals surface area contributed by atoms with Crippen LogP contribution in [-0.2, 0) is 16.0 Å². The zero-order valence-electron chi connectivity index (χ0n) is 10.3. The minimum absolute atomic E-state index is 0.0731. The van der Waals surface area contributed by atoms with Gasteiger partial charge in [0.1, 0.15) is 0 Å². The summed E-state index contributed by atoms with van der Waals surface area (Å²) in [6.07, 6.45) is 2.99. The number of para-hydroxylation sites is 1. The number of aryl methyl sites for hydroxylation is 1. The second-order valence-corrected chi connectivity index (χ2v) is 4.52. The van der Waals surface area contributed by atoms with Gasteiger partial charge in [0.25, 0.3) is 0 Å². The first-order valence-corrected chi connectivity index (χ1v) is 6.28. The molecule has 0 aliphatic carbocycles. The topological polar surface area (TPSA) is 57.6 Å². The van der Waals surface area contributed by atoms with Crippen molar-refractivity contribution in [3.05, 3.63) is 29.8 Å². The molecular formula is C14H17NO3. The number of carbonyl (C=O) groups is 2. The van der Waals surface area contributed by atoms with Crippen molar-refractivity contribution in [1.29, 1.82) is 0 Å². The molecule has 0 radical (unpaired) electrons. The predicted molar refractivity (Wildman–Crippen MR) is 68.6 cm³/mol. The number of carboxylic acid groups (broad SMARTS) is 1. The third kappa shape index (κ3) is 2.88. The van der Waals surface area contributed by atoms with Crippen LogP contribution in [0.3, 0.4) is 0 Å². The average Bonchev–Trinajstić information content (AvgIpc) is 2.58. The lowest BCUT2D eigenvalue weighted by atomic mass is 10.1. The fourth-order valence-electron chi connectivity index (χ4n) is 2.30. The standard InChI is InChI=1S/C14H17NO3/c16-13(8-9-14(17)18)15-10-4-3-6-11-5-1-2-7-12(11)15/h1-2,5,7H,3-4,6,8-10H2,(H,17,18). The average molecular weight is 247 g/mol. The molecule has 0 atom stereocenters. The Morgan fingerprint density at radius 3 is 2.72 bits per heavy atom. The van der Waals surface area contributed by atoms with Gasteiger partial charge < -0.3 is 10.0 Å². The van der Waals surface area contributed by atoms with E-state index in [-0.39, 0.29) is 18.7 Å². The Morgan fingerprint density at radius 1 is 1.17 bits per heavy atom. The number of aliphatic carboxylic acids is 1. The molecule has 96 valence electrons. The third-order valence-electron chi connectivity index (χ3n) is 3.21. The Kier molecular flexibility index (Phi) is 3.97. The minimum Gasteiger partial charge on any atom is -0.481 e. The summed E-state index contributed by atoms with van der Waals surface area (Å²) in [6.45, 7) is 0.690. The SMILES string of the molecule is O=C(O)CCC(=O)N1CCCCc2ccccc21. The van der Waals surface area contributed by atoms with E-state index >= 15 is 0 Å². The summed E-state index contributed by atoms with van der Waals surface area (Å²) in [5, 5.41) is 8.64. The van der Waals surface area contributed by atoms with E-state index in [2.05, 4.69) is 0 Å². The van der Waals surface area contributed by atoms with Crippen molar-refractivity contribution in [2.24, 2.45) is 0 Å². The highest BCUT2D eigenvalue weighted by atomic mass is 16.4. The second-order valence-electron chi connectivity index (χ2n) is 4.52. The summed E-state index contributed by atoms with van der Waals surface area (Å²) in [6, 6.07) is 7.88. The van der Waals surface area contributed by atoms with E-state index in [1.165, 1.54) is 5.56 Å². The molecule has 0 saturated carbocycles. The van der Waals surface area contributed by atoms with Crippen LogP contribution in [-0.4, -0.2) is 23.5 Å². The van der Waals surface area contributed by atoms with Crippen LogP contribution >= 0.6 is 0 Å². The first-order valence-electron chi connectivity index (χ1n) is 6.28. The fourth-order valence-corrected chi connectivity index (χ4v) is 2.30. The quantitative estimate of drug-likeness (QED) is 0.891. The highest BCUT2D eigenvalue weighted by Crippen LogP contribution is 2.26. The maximum atomic E-state index is 12.1. The molecule has 1 amide bonds. The van der Waals surface area contributed by atoms with Crippen LogP contribution in [0.4, 0.5) is 5.69 Å². The number of fused-ring (bicyclic) bond motifs is 1. The molecule has 2 rings (SSSR count). The van der Waals surface area contributed by atoms with Crippen LogP contribution in [0.1, 0.15) is 31.2 Å². The third-order valence-corrected chi connectivity index (χ3v) is 3.21. The lowest BCUT2D eigenvalue weighted by Gasteiger charge is -2.22. The molecule has 4 nitrogen and oxygen atoms in total. The van der Waals surface area contributed by atoms with Crippen molar-refractivity contribution < 1.29 is 14.7 Å². The molecule has 0 fully saturated rings. The van der Waals surface area contributed by atoms with E-state index in [4.69, 9.17) is 5.11 Å². The van der Waals surface area contributed by atoms with Crippen molar-refractivity contribution >= 4 is 17.6 Å². The number of nitrogens with zero attached hydrogens (tertiary/aromatic N) is 1. The van der Waals surface area contributed by atoms with Crippen molar-refractivity contribution in [3.8, 4) is 0 Å².